The Morgan fingerprint density at radius 3 is 2.58 bits per heavy atom. The highest BCUT2D eigenvalue weighted by Crippen LogP contribution is 2.25. The van der Waals surface area contributed by atoms with Crippen molar-refractivity contribution in [1.29, 1.82) is 0 Å². The van der Waals surface area contributed by atoms with Crippen molar-refractivity contribution >= 4 is 23.2 Å². The minimum atomic E-state index is 0.0523. The lowest BCUT2D eigenvalue weighted by atomic mass is 9.86. The van der Waals surface area contributed by atoms with Gasteiger partial charge < -0.3 is 25.0 Å². The fraction of sp³-hybridized carbons (Fsp3) is 0.522. The number of carbonyl (C=O) groups is 1. The summed E-state index contributed by atoms with van der Waals surface area (Å²) in [6, 6.07) is 10.4. The van der Waals surface area contributed by atoms with E-state index in [1.54, 1.807) is 19.2 Å². The van der Waals surface area contributed by atoms with Gasteiger partial charge in [-0.1, -0.05) is 0 Å². The van der Waals surface area contributed by atoms with E-state index in [-0.39, 0.29) is 5.91 Å². The molecule has 2 N–H and O–H groups in total. The minimum absolute atomic E-state index is 0.0523. The van der Waals surface area contributed by atoms with Gasteiger partial charge >= 0.3 is 0 Å². The van der Waals surface area contributed by atoms with Crippen LogP contribution >= 0.6 is 0 Å². The molecule has 2 fully saturated rings. The fourth-order valence-electron chi connectivity index (χ4n) is 4.15. The van der Waals surface area contributed by atoms with Gasteiger partial charge in [0, 0.05) is 49.7 Å². The number of rotatable bonds is 7. The third kappa shape index (κ3) is 6.30. The van der Waals surface area contributed by atoms with Gasteiger partial charge in [0.15, 0.2) is 0 Å². The molecule has 31 heavy (non-hydrogen) atoms. The topological polar surface area (TPSA) is 88.6 Å². The number of morpholine rings is 1. The van der Waals surface area contributed by atoms with E-state index < -0.39 is 0 Å². The van der Waals surface area contributed by atoms with Crippen LogP contribution in [0.3, 0.4) is 0 Å². The van der Waals surface area contributed by atoms with Crippen molar-refractivity contribution in [1.82, 2.24) is 15.3 Å². The third-order valence-corrected chi connectivity index (χ3v) is 5.85. The van der Waals surface area contributed by atoms with Crippen molar-refractivity contribution in [3.05, 3.63) is 36.5 Å². The number of aromatic nitrogens is 2. The van der Waals surface area contributed by atoms with Crippen molar-refractivity contribution in [3.8, 4) is 5.88 Å². The normalized spacial score (nSPS) is 21.4. The van der Waals surface area contributed by atoms with Gasteiger partial charge in [-0.15, -0.1) is 0 Å². The summed E-state index contributed by atoms with van der Waals surface area (Å²) in [7, 11) is 0. The average molecular weight is 426 g/mol. The number of nitrogens with zero attached hydrogens (tertiary/aromatic N) is 3. The highest BCUT2D eigenvalue weighted by atomic mass is 16.5. The van der Waals surface area contributed by atoms with Crippen LogP contribution in [0.2, 0.25) is 0 Å². The van der Waals surface area contributed by atoms with E-state index in [9.17, 15) is 4.79 Å². The molecule has 8 heteroatoms. The Hall–Kier alpha value is -2.87. The number of nitrogens with one attached hydrogen (secondary N) is 2. The first kappa shape index (κ1) is 21.4. The van der Waals surface area contributed by atoms with Crippen LogP contribution in [-0.4, -0.2) is 54.8 Å². The number of anilines is 3. The van der Waals surface area contributed by atoms with E-state index in [1.165, 1.54) is 5.69 Å². The van der Waals surface area contributed by atoms with E-state index in [1.807, 2.05) is 12.1 Å². The fourth-order valence-corrected chi connectivity index (χ4v) is 4.15. The van der Waals surface area contributed by atoms with Gasteiger partial charge in [-0.25, -0.2) is 4.98 Å². The van der Waals surface area contributed by atoms with Crippen molar-refractivity contribution in [2.24, 2.45) is 5.92 Å². The van der Waals surface area contributed by atoms with Gasteiger partial charge in [0.2, 0.25) is 17.7 Å². The van der Waals surface area contributed by atoms with Gasteiger partial charge in [0.1, 0.15) is 0 Å². The summed E-state index contributed by atoms with van der Waals surface area (Å²) >= 11 is 0. The van der Waals surface area contributed by atoms with E-state index in [2.05, 4.69) is 37.6 Å². The van der Waals surface area contributed by atoms with E-state index >= 15 is 0 Å². The smallest absolute Gasteiger partial charge is 0.230 e. The minimum Gasteiger partial charge on any atom is -0.477 e. The summed E-state index contributed by atoms with van der Waals surface area (Å²) in [4.78, 5) is 22.3. The third-order valence-electron chi connectivity index (χ3n) is 5.85. The van der Waals surface area contributed by atoms with Gasteiger partial charge in [0.25, 0.3) is 0 Å². The predicted molar refractivity (Wildman–Crippen MR) is 120 cm³/mol. The van der Waals surface area contributed by atoms with Crippen molar-refractivity contribution in [2.45, 2.75) is 38.6 Å². The molecule has 1 aromatic carbocycles. The standard InChI is InChI=1S/C23H31N5O3/c1-17(29)25-19-4-2-18(3-5-19)16-31-22-10-11-24-23(27-22)26-20-6-8-21(9-7-20)28-12-14-30-15-13-28/h6-11,18-19H,2-5,12-16H2,1H3,(H,25,29)(H,24,26,27)/t18-,19-. The van der Waals surface area contributed by atoms with Crippen LogP contribution in [0, 0.1) is 5.92 Å². The lowest BCUT2D eigenvalue weighted by Crippen LogP contribution is -2.37. The molecule has 1 amide bonds. The van der Waals surface area contributed by atoms with Crippen LogP contribution in [0.5, 0.6) is 5.88 Å². The maximum atomic E-state index is 11.2. The first-order chi connectivity index (χ1) is 15.2. The Morgan fingerprint density at radius 1 is 1.13 bits per heavy atom. The molecule has 166 valence electrons. The Balaban J connectivity index is 1.26. The summed E-state index contributed by atoms with van der Waals surface area (Å²) in [6.07, 6.45) is 5.82. The average Bonchev–Trinajstić information content (AvgIpc) is 2.80. The van der Waals surface area contributed by atoms with Crippen molar-refractivity contribution in [2.75, 3.05) is 43.1 Å². The van der Waals surface area contributed by atoms with Crippen LogP contribution in [0.4, 0.5) is 17.3 Å². The van der Waals surface area contributed by atoms with Crippen LogP contribution in [-0.2, 0) is 9.53 Å². The molecule has 1 aliphatic carbocycles. The van der Waals surface area contributed by atoms with Gasteiger partial charge in [-0.05, 0) is 55.9 Å². The second-order valence-electron chi connectivity index (χ2n) is 8.22. The molecule has 0 atom stereocenters. The maximum absolute atomic E-state index is 11.2. The molecule has 1 saturated heterocycles. The number of amides is 1. The monoisotopic (exact) mass is 425 g/mol. The number of ether oxygens (including phenoxy) is 2. The van der Waals surface area contributed by atoms with Gasteiger partial charge in [0.05, 0.1) is 19.8 Å². The number of benzene rings is 1. The molecule has 0 bridgehead atoms. The Labute approximate surface area is 183 Å². The summed E-state index contributed by atoms with van der Waals surface area (Å²) in [6.45, 7) is 5.61. The Bertz CT molecular complexity index is 847. The van der Waals surface area contributed by atoms with Crippen LogP contribution in [0.1, 0.15) is 32.6 Å². The second kappa shape index (κ2) is 10.4. The molecule has 1 saturated carbocycles. The SMILES string of the molecule is CC(=O)N[C@H]1CC[C@H](COc2ccnc(Nc3ccc(N4CCOCC4)cc3)n2)CC1. The molecule has 0 radical (unpaired) electrons. The van der Waals surface area contributed by atoms with Crippen LogP contribution < -0.4 is 20.3 Å². The lowest BCUT2D eigenvalue weighted by molar-refractivity contribution is -0.119. The first-order valence-electron chi connectivity index (χ1n) is 11.1. The molecule has 2 heterocycles. The van der Waals surface area contributed by atoms with Crippen LogP contribution in [0.15, 0.2) is 36.5 Å². The molecule has 0 spiro atoms. The number of hydrogen-bond acceptors (Lipinski definition) is 7. The van der Waals surface area contributed by atoms with Gasteiger partial charge in [-0.2, -0.15) is 4.98 Å². The molecule has 1 aliphatic heterocycles. The zero-order valence-corrected chi connectivity index (χ0v) is 18.0. The Morgan fingerprint density at radius 2 is 1.87 bits per heavy atom. The zero-order valence-electron chi connectivity index (χ0n) is 18.0. The maximum Gasteiger partial charge on any atom is 0.230 e. The molecule has 1 aromatic heterocycles. The summed E-state index contributed by atoms with van der Waals surface area (Å²) in [5, 5.41) is 6.26. The Kier molecular flexibility index (Phi) is 7.19. The number of carbonyl (C=O) groups excluding carboxylic acids is 1. The highest BCUT2D eigenvalue weighted by Gasteiger charge is 2.22. The molecule has 2 aromatic rings. The van der Waals surface area contributed by atoms with E-state index in [0.29, 0.717) is 30.4 Å². The van der Waals surface area contributed by atoms with Crippen molar-refractivity contribution in [3.63, 3.8) is 0 Å². The summed E-state index contributed by atoms with van der Waals surface area (Å²) in [5.41, 5.74) is 2.13. The second-order valence-corrected chi connectivity index (χ2v) is 8.22. The van der Waals surface area contributed by atoms with Crippen molar-refractivity contribution < 1.29 is 14.3 Å². The summed E-state index contributed by atoms with van der Waals surface area (Å²) in [5.74, 6) is 1.64. The lowest BCUT2D eigenvalue weighted by Gasteiger charge is -2.29. The molecule has 2 aliphatic rings. The van der Waals surface area contributed by atoms with E-state index in [0.717, 1.165) is 57.7 Å². The molecular weight excluding hydrogens is 394 g/mol. The molecule has 4 rings (SSSR count). The molecule has 8 nitrogen and oxygen atoms in total. The highest BCUT2D eigenvalue weighted by molar-refractivity contribution is 5.73. The quantitative estimate of drug-likeness (QED) is 0.704. The van der Waals surface area contributed by atoms with Gasteiger partial charge in [-0.3, -0.25) is 4.79 Å². The zero-order chi connectivity index (χ0) is 21.5. The van der Waals surface area contributed by atoms with Crippen LogP contribution in [0.25, 0.3) is 0 Å². The number of hydrogen-bond donors (Lipinski definition) is 2. The largest absolute Gasteiger partial charge is 0.477 e. The first-order valence-corrected chi connectivity index (χ1v) is 11.1. The molecule has 0 unspecified atom stereocenters. The predicted octanol–water partition coefficient (Wildman–Crippen LogP) is 3.13. The molecular formula is C23H31N5O3. The van der Waals surface area contributed by atoms with E-state index in [4.69, 9.17) is 9.47 Å². The summed E-state index contributed by atoms with van der Waals surface area (Å²) < 4.78 is 11.4.